The van der Waals surface area contributed by atoms with E-state index in [0.29, 0.717) is 10.5 Å². The van der Waals surface area contributed by atoms with E-state index in [-0.39, 0.29) is 5.75 Å². The van der Waals surface area contributed by atoms with Crippen LogP contribution < -0.4 is 5.73 Å². The smallest absolute Gasteiger partial charge is 0.227 e. The normalized spacial score (nSPS) is 11.1. The minimum Gasteiger partial charge on any atom is -0.369 e. The zero-order valence-electron chi connectivity index (χ0n) is 18.0. The molecule has 2 heterocycles. The lowest BCUT2D eigenvalue weighted by atomic mass is 10.0. The van der Waals surface area contributed by atoms with Gasteiger partial charge in [0.25, 0.3) is 0 Å². The third kappa shape index (κ3) is 4.10. The van der Waals surface area contributed by atoms with E-state index in [1.54, 1.807) is 0 Å². The van der Waals surface area contributed by atoms with Crippen LogP contribution in [0, 0.1) is 6.92 Å². The van der Waals surface area contributed by atoms with E-state index in [0.717, 1.165) is 33.6 Å². The molecule has 2 aromatic heterocycles. The zero-order valence-corrected chi connectivity index (χ0v) is 18.8. The van der Waals surface area contributed by atoms with Gasteiger partial charge in [-0.25, -0.2) is 4.68 Å². The lowest BCUT2D eigenvalue weighted by Crippen LogP contribution is -2.13. The topological polar surface area (TPSA) is 86.7 Å². The first-order valence-corrected chi connectivity index (χ1v) is 11.5. The van der Waals surface area contributed by atoms with Crippen LogP contribution in [0.15, 0.2) is 90.0 Å². The maximum Gasteiger partial charge on any atom is 0.227 e. The van der Waals surface area contributed by atoms with Crippen molar-refractivity contribution in [3.8, 4) is 28.2 Å². The molecule has 0 saturated heterocycles. The molecule has 0 aliphatic rings. The number of fused-ring (bicyclic) bond motifs is 1. The average Bonchev–Trinajstić information content (AvgIpc) is 3.25. The first kappa shape index (κ1) is 20.9. The number of amides is 1. The summed E-state index contributed by atoms with van der Waals surface area (Å²) in [6.07, 6.45) is 0. The predicted octanol–water partition coefficient (Wildman–Crippen LogP) is 5.04. The van der Waals surface area contributed by atoms with E-state index in [1.165, 1.54) is 17.3 Å². The molecule has 2 N–H and O–H groups in total. The number of aryl methyl sites for hydroxylation is 1. The molecule has 162 valence electrons. The standard InChI is InChI=1S/C26H21N5OS/c1-17-12-14-20(15-13-17)31-25(19-10-6-3-7-11-19)22-23(18-8-4-2-5-9-18)28-29-26(24(22)30-31)33-16-21(27)32/h2-15H,16H2,1H3,(H2,27,32). The predicted molar refractivity (Wildman–Crippen MR) is 132 cm³/mol. The molecule has 0 fully saturated rings. The Morgan fingerprint density at radius 1 is 0.879 bits per heavy atom. The number of benzene rings is 3. The van der Waals surface area contributed by atoms with Crippen LogP contribution in [0.1, 0.15) is 5.56 Å². The summed E-state index contributed by atoms with van der Waals surface area (Å²) >= 11 is 1.25. The number of thioether (sulfide) groups is 1. The Kier molecular flexibility index (Phi) is 5.62. The Hall–Kier alpha value is -3.97. The van der Waals surface area contributed by atoms with Gasteiger partial charge in [0.2, 0.25) is 5.91 Å². The summed E-state index contributed by atoms with van der Waals surface area (Å²) in [4.78, 5) is 11.5. The van der Waals surface area contributed by atoms with Crippen LogP contribution in [0.5, 0.6) is 0 Å². The van der Waals surface area contributed by atoms with Crippen molar-refractivity contribution in [1.29, 1.82) is 0 Å². The molecule has 33 heavy (non-hydrogen) atoms. The molecular formula is C26H21N5OS. The molecule has 0 bridgehead atoms. The number of aromatic nitrogens is 4. The molecule has 6 nitrogen and oxygen atoms in total. The van der Waals surface area contributed by atoms with Gasteiger partial charge in [-0.15, -0.1) is 10.2 Å². The molecule has 0 aliphatic heterocycles. The molecule has 5 rings (SSSR count). The Bertz CT molecular complexity index is 1430. The van der Waals surface area contributed by atoms with Gasteiger partial charge >= 0.3 is 0 Å². The van der Waals surface area contributed by atoms with Gasteiger partial charge in [-0.3, -0.25) is 4.79 Å². The summed E-state index contributed by atoms with van der Waals surface area (Å²) < 4.78 is 1.93. The van der Waals surface area contributed by atoms with E-state index < -0.39 is 5.91 Å². The fraction of sp³-hybridized carbons (Fsp3) is 0.0769. The summed E-state index contributed by atoms with van der Waals surface area (Å²) in [5.41, 5.74) is 11.8. The highest BCUT2D eigenvalue weighted by atomic mass is 32.2. The average molecular weight is 452 g/mol. The van der Waals surface area contributed by atoms with Crippen molar-refractivity contribution in [2.24, 2.45) is 5.73 Å². The molecule has 0 spiro atoms. The largest absolute Gasteiger partial charge is 0.369 e. The number of nitrogens with zero attached hydrogens (tertiary/aromatic N) is 4. The number of carbonyl (C=O) groups excluding carboxylic acids is 1. The molecule has 0 atom stereocenters. The highest BCUT2D eigenvalue weighted by Crippen LogP contribution is 2.39. The van der Waals surface area contributed by atoms with Gasteiger partial charge < -0.3 is 5.73 Å². The summed E-state index contributed by atoms with van der Waals surface area (Å²) in [7, 11) is 0. The molecule has 0 aliphatic carbocycles. The number of hydrogen-bond acceptors (Lipinski definition) is 5. The molecule has 0 unspecified atom stereocenters. The second-order valence-electron chi connectivity index (χ2n) is 7.66. The number of rotatable bonds is 6. The van der Waals surface area contributed by atoms with Gasteiger partial charge in [0.1, 0.15) is 16.2 Å². The Labute approximate surface area is 195 Å². The fourth-order valence-electron chi connectivity index (χ4n) is 3.76. The molecule has 1 amide bonds. The summed E-state index contributed by atoms with van der Waals surface area (Å²) in [5, 5.41) is 15.5. The Balaban J connectivity index is 1.87. The fourth-order valence-corrected chi connectivity index (χ4v) is 4.41. The first-order chi connectivity index (χ1) is 16.1. The van der Waals surface area contributed by atoms with Crippen LogP contribution in [0.2, 0.25) is 0 Å². The minimum absolute atomic E-state index is 0.104. The van der Waals surface area contributed by atoms with Crippen molar-refractivity contribution >= 4 is 28.6 Å². The van der Waals surface area contributed by atoms with E-state index in [2.05, 4.69) is 41.4 Å². The quantitative estimate of drug-likeness (QED) is 0.366. The van der Waals surface area contributed by atoms with Crippen LogP contribution in [-0.4, -0.2) is 31.6 Å². The van der Waals surface area contributed by atoms with Crippen molar-refractivity contribution in [2.75, 3.05) is 5.75 Å². The summed E-state index contributed by atoms with van der Waals surface area (Å²) in [5.74, 6) is -0.310. The van der Waals surface area contributed by atoms with Crippen molar-refractivity contribution in [1.82, 2.24) is 20.0 Å². The lowest BCUT2D eigenvalue weighted by molar-refractivity contribution is -0.115. The summed E-state index contributed by atoms with van der Waals surface area (Å²) in [6, 6.07) is 28.3. The van der Waals surface area contributed by atoms with E-state index in [1.807, 2.05) is 65.3 Å². The lowest BCUT2D eigenvalue weighted by Gasteiger charge is -2.10. The minimum atomic E-state index is -0.414. The Morgan fingerprint density at radius 2 is 1.52 bits per heavy atom. The van der Waals surface area contributed by atoms with Gasteiger partial charge in [0.05, 0.1) is 22.5 Å². The van der Waals surface area contributed by atoms with E-state index in [9.17, 15) is 4.79 Å². The van der Waals surface area contributed by atoms with Crippen molar-refractivity contribution in [2.45, 2.75) is 11.9 Å². The van der Waals surface area contributed by atoms with Gasteiger partial charge in [0, 0.05) is 11.1 Å². The highest BCUT2D eigenvalue weighted by molar-refractivity contribution is 8.00. The number of carbonyl (C=O) groups is 1. The van der Waals surface area contributed by atoms with Crippen LogP contribution in [0.25, 0.3) is 39.1 Å². The monoisotopic (exact) mass is 451 g/mol. The van der Waals surface area contributed by atoms with Crippen LogP contribution in [-0.2, 0) is 4.79 Å². The first-order valence-electron chi connectivity index (χ1n) is 10.5. The second-order valence-corrected chi connectivity index (χ2v) is 8.62. The highest BCUT2D eigenvalue weighted by Gasteiger charge is 2.23. The third-order valence-electron chi connectivity index (χ3n) is 5.29. The molecule has 7 heteroatoms. The number of nitrogens with two attached hydrogens (primary N) is 1. The number of hydrogen-bond donors (Lipinski definition) is 1. The number of primary amides is 1. The molecule has 0 saturated carbocycles. The van der Waals surface area contributed by atoms with Crippen LogP contribution in [0.4, 0.5) is 0 Å². The van der Waals surface area contributed by atoms with Crippen LogP contribution >= 0.6 is 11.8 Å². The van der Waals surface area contributed by atoms with Crippen molar-refractivity contribution in [3.63, 3.8) is 0 Å². The molecular weight excluding hydrogens is 430 g/mol. The van der Waals surface area contributed by atoms with Crippen LogP contribution in [0.3, 0.4) is 0 Å². The zero-order chi connectivity index (χ0) is 22.8. The molecule has 5 aromatic rings. The second kappa shape index (κ2) is 8.88. The van der Waals surface area contributed by atoms with Gasteiger partial charge in [-0.05, 0) is 19.1 Å². The van der Waals surface area contributed by atoms with E-state index in [4.69, 9.17) is 10.8 Å². The third-order valence-corrected chi connectivity index (χ3v) is 6.27. The SMILES string of the molecule is Cc1ccc(-n2nc3c(SCC(N)=O)nnc(-c4ccccc4)c3c2-c2ccccc2)cc1. The van der Waals surface area contributed by atoms with Gasteiger partial charge in [0.15, 0.2) is 0 Å². The van der Waals surface area contributed by atoms with Gasteiger partial charge in [-0.1, -0.05) is 90.1 Å². The van der Waals surface area contributed by atoms with Gasteiger partial charge in [-0.2, -0.15) is 5.10 Å². The molecule has 3 aromatic carbocycles. The maximum atomic E-state index is 11.5. The van der Waals surface area contributed by atoms with E-state index >= 15 is 0 Å². The maximum absolute atomic E-state index is 11.5. The van der Waals surface area contributed by atoms with Crippen molar-refractivity contribution < 1.29 is 4.79 Å². The summed E-state index contributed by atoms with van der Waals surface area (Å²) in [6.45, 7) is 2.06. The Morgan fingerprint density at radius 3 is 2.15 bits per heavy atom. The molecule has 0 radical (unpaired) electrons. The van der Waals surface area contributed by atoms with Crippen molar-refractivity contribution in [3.05, 3.63) is 90.5 Å².